The van der Waals surface area contributed by atoms with Crippen LogP contribution in [0.1, 0.15) is 28.0 Å². The van der Waals surface area contributed by atoms with Gasteiger partial charge < -0.3 is 9.67 Å². The minimum atomic E-state index is -0.945. The Morgan fingerprint density at radius 2 is 2.17 bits per heavy atom. The van der Waals surface area contributed by atoms with Gasteiger partial charge in [0.2, 0.25) is 0 Å². The molecule has 92 valence electrons. The molecule has 0 radical (unpaired) electrons. The van der Waals surface area contributed by atoms with Gasteiger partial charge in [-0.1, -0.05) is 11.6 Å². The van der Waals surface area contributed by atoms with Gasteiger partial charge >= 0.3 is 5.97 Å². The molecule has 1 heterocycles. The van der Waals surface area contributed by atoms with Gasteiger partial charge in [-0.3, -0.25) is 0 Å². The third kappa shape index (κ3) is 1.84. The molecule has 1 aromatic heterocycles. The van der Waals surface area contributed by atoms with Crippen LogP contribution in [0, 0.1) is 25.2 Å². The molecule has 4 nitrogen and oxygen atoms in total. The van der Waals surface area contributed by atoms with Crippen LogP contribution in [0.5, 0.6) is 0 Å². The minimum Gasteiger partial charge on any atom is -0.477 e. The van der Waals surface area contributed by atoms with E-state index in [0.717, 1.165) is 22.0 Å². The van der Waals surface area contributed by atoms with E-state index in [1.807, 2.05) is 32.0 Å². The number of carboxylic acid groups (broad SMARTS) is 1. The summed E-state index contributed by atoms with van der Waals surface area (Å²) in [5.74, 6) is -0.945. The second kappa shape index (κ2) is 4.53. The Kier molecular flexibility index (Phi) is 3.07. The first-order chi connectivity index (χ1) is 8.56. The molecular weight excluding hydrogens is 228 g/mol. The van der Waals surface area contributed by atoms with Crippen molar-refractivity contribution >= 4 is 16.9 Å². The number of carboxylic acids is 1. The smallest absolute Gasteiger partial charge is 0.352 e. The lowest BCUT2D eigenvalue weighted by atomic mass is 10.1. The molecule has 2 aromatic rings. The molecule has 1 N–H and O–H groups in total. The number of nitriles is 1. The van der Waals surface area contributed by atoms with Crippen molar-refractivity contribution < 1.29 is 9.90 Å². The van der Waals surface area contributed by atoms with E-state index in [1.54, 1.807) is 4.57 Å². The Bertz CT molecular complexity index is 662. The largest absolute Gasteiger partial charge is 0.477 e. The number of hydrogen-bond donors (Lipinski definition) is 1. The van der Waals surface area contributed by atoms with Crippen LogP contribution >= 0.6 is 0 Å². The van der Waals surface area contributed by atoms with Gasteiger partial charge in [0, 0.05) is 17.4 Å². The van der Waals surface area contributed by atoms with Gasteiger partial charge in [0.15, 0.2) is 0 Å². The molecule has 0 saturated heterocycles. The number of aromatic carboxylic acids is 1. The lowest BCUT2D eigenvalue weighted by molar-refractivity contribution is 0.0685. The molecule has 0 fully saturated rings. The Hall–Kier alpha value is -2.28. The van der Waals surface area contributed by atoms with Crippen molar-refractivity contribution in [1.82, 2.24) is 4.57 Å². The van der Waals surface area contributed by atoms with Crippen molar-refractivity contribution in [2.24, 2.45) is 0 Å². The quantitative estimate of drug-likeness (QED) is 0.899. The summed E-state index contributed by atoms with van der Waals surface area (Å²) in [5.41, 5.74) is 3.02. The molecule has 0 unspecified atom stereocenters. The average Bonchev–Trinajstić information content (AvgIpc) is 2.59. The predicted octanol–water partition coefficient (Wildman–Crippen LogP) is 2.87. The fourth-order valence-corrected chi connectivity index (χ4v) is 2.31. The van der Waals surface area contributed by atoms with E-state index in [4.69, 9.17) is 5.26 Å². The molecule has 0 aliphatic heterocycles. The van der Waals surface area contributed by atoms with Crippen LogP contribution in [0.15, 0.2) is 18.2 Å². The fourth-order valence-electron chi connectivity index (χ4n) is 2.31. The number of rotatable bonds is 3. The van der Waals surface area contributed by atoms with Crippen molar-refractivity contribution in [2.45, 2.75) is 26.8 Å². The molecule has 1 aromatic carbocycles. The summed E-state index contributed by atoms with van der Waals surface area (Å²) < 4.78 is 1.72. The van der Waals surface area contributed by atoms with E-state index in [1.165, 1.54) is 0 Å². The van der Waals surface area contributed by atoms with Crippen LogP contribution in [0.4, 0.5) is 0 Å². The summed E-state index contributed by atoms with van der Waals surface area (Å²) in [5, 5.41) is 18.9. The molecule has 4 heteroatoms. The summed E-state index contributed by atoms with van der Waals surface area (Å²) in [6, 6.07) is 7.91. The summed E-state index contributed by atoms with van der Waals surface area (Å²) in [4.78, 5) is 11.4. The zero-order valence-corrected chi connectivity index (χ0v) is 10.4. The van der Waals surface area contributed by atoms with E-state index < -0.39 is 5.97 Å². The fraction of sp³-hybridized carbons (Fsp3) is 0.286. The van der Waals surface area contributed by atoms with Crippen LogP contribution in [0.3, 0.4) is 0 Å². The molecule has 0 spiro atoms. The third-order valence-corrected chi connectivity index (χ3v) is 3.12. The molecule has 0 bridgehead atoms. The van der Waals surface area contributed by atoms with Gasteiger partial charge in [0.25, 0.3) is 0 Å². The first kappa shape index (κ1) is 12.2. The Balaban J connectivity index is 2.75. The molecule has 0 aliphatic rings. The molecule has 2 rings (SSSR count). The molecule has 0 aliphatic carbocycles. The summed E-state index contributed by atoms with van der Waals surface area (Å²) in [7, 11) is 0. The number of aryl methyl sites for hydroxylation is 3. The summed E-state index contributed by atoms with van der Waals surface area (Å²) in [6.07, 6.45) is 0.303. The summed E-state index contributed by atoms with van der Waals surface area (Å²) >= 11 is 0. The highest BCUT2D eigenvalue weighted by Crippen LogP contribution is 2.27. The topological polar surface area (TPSA) is 66.0 Å². The Labute approximate surface area is 105 Å². The maximum absolute atomic E-state index is 11.4. The van der Waals surface area contributed by atoms with E-state index >= 15 is 0 Å². The van der Waals surface area contributed by atoms with Crippen LogP contribution in [-0.2, 0) is 6.54 Å². The van der Waals surface area contributed by atoms with Crippen LogP contribution in [0.2, 0.25) is 0 Å². The van der Waals surface area contributed by atoms with Crippen LogP contribution < -0.4 is 0 Å². The van der Waals surface area contributed by atoms with Crippen molar-refractivity contribution in [1.29, 1.82) is 5.26 Å². The predicted molar refractivity (Wildman–Crippen MR) is 68.6 cm³/mol. The number of nitrogens with zero attached hydrogens (tertiary/aromatic N) is 2. The molecule has 0 saturated carbocycles. The Morgan fingerprint density at radius 1 is 1.44 bits per heavy atom. The van der Waals surface area contributed by atoms with Gasteiger partial charge in [-0.2, -0.15) is 5.26 Å². The van der Waals surface area contributed by atoms with Crippen molar-refractivity contribution in [2.75, 3.05) is 0 Å². The molecule has 0 atom stereocenters. The maximum atomic E-state index is 11.4. The second-order valence-electron chi connectivity index (χ2n) is 4.36. The summed E-state index contributed by atoms with van der Waals surface area (Å²) in [6.45, 7) is 4.20. The minimum absolute atomic E-state index is 0.283. The highest BCUT2D eigenvalue weighted by molar-refractivity contribution is 5.98. The number of aromatic nitrogens is 1. The normalized spacial score (nSPS) is 10.5. The van der Waals surface area contributed by atoms with Crippen LogP contribution in [0.25, 0.3) is 10.9 Å². The SMILES string of the molecule is Cc1ccc2c(c1)c(C)c(C(=O)O)n2CCC#N. The number of carbonyl (C=O) groups is 1. The van der Waals surface area contributed by atoms with Gasteiger partial charge in [-0.05, 0) is 31.5 Å². The van der Waals surface area contributed by atoms with E-state index in [-0.39, 0.29) is 5.69 Å². The first-order valence-corrected chi connectivity index (χ1v) is 5.76. The third-order valence-electron chi connectivity index (χ3n) is 3.12. The monoisotopic (exact) mass is 242 g/mol. The zero-order valence-electron chi connectivity index (χ0n) is 10.4. The molecule has 0 amide bonds. The van der Waals surface area contributed by atoms with Gasteiger partial charge in [-0.15, -0.1) is 0 Å². The van der Waals surface area contributed by atoms with Crippen molar-refractivity contribution in [3.05, 3.63) is 35.0 Å². The Morgan fingerprint density at radius 3 is 2.78 bits per heavy atom. The van der Waals surface area contributed by atoms with Crippen molar-refractivity contribution in [3.63, 3.8) is 0 Å². The number of fused-ring (bicyclic) bond motifs is 1. The number of benzene rings is 1. The maximum Gasteiger partial charge on any atom is 0.352 e. The van der Waals surface area contributed by atoms with E-state index in [9.17, 15) is 9.90 Å². The number of hydrogen-bond acceptors (Lipinski definition) is 2. The zero-order chi connectivity index (χ0) is 13.3. The highest BCUT2D eigenvalue weighted by Gasteiger charge is 2.19. The van der Waals surface area contributed by atoms with E-state index in [0.29, 0.717) is 13.0 Å². The van der Waals surface area contributed by atoms with Gasteiger partial charge in [0.1, 0.15) is 5.69 Å². The molecular formula is C14H14N2O2. The van der Waals surface area contributed by atoms with Crippen molar-refractivity contribution in [3.8, 4) is 6.07 Å². The average molecular weight is 242 g/mol. The lowest BCUT2D eigenvalue weighted by Crippen LogP contribution is -2.09. The van der Waals surface area contributed by atoms with Crippen LogP contribution in [-0.4, -0.2) is 15.6 Å². The van der Waals surface area contributed by atoms with Gasteiger partial charge in [-0.25, -0.2) is 4.79 Å². The lowest BCUT2D eigenvalue weighted by Gasteiger charge is -2.05. The standard InChI is InChI=1S/C14H14N2O2/c1-9-4-5-12-11(8-9)10(2)13(14(17)18)16(12)7-3-6-15/h4-5,8H,3,7H2,1-2H3,(H,17,18). The molecule has 18 heavy (non-hydrogen) atoms. The second-order valence-corrected chi connectivity index (χ2v) is 4.36. The highest BCUT2D eigenvalue weighted by atomic mass is 16.4. The first-order valence-electron chi connectivity index (χ1n) is 5.76. The van der Waals surface area contributed by atoms with E-state index in [2.05, 4.69) is 6.07 Å². The van der Waals surface area contributed by atoms with Gasteiger partial charge in [0.05, 0.1) is 12.5 Å².